The smallest absolute Gasteiger partial charge is 0.241 e. The van der Waals surface area contributed by atoms with E-state index in [9.17, 15) is 9.18 Å². The van der Waals surface area contributed by atoms with Crippen LogP contribution in [-0.4, -0.2) is 11.9 Å². The Morgan fingerprint density at radius 3 is 2.39 bits per heavy atom. The fourth-order valence-corrected chi connectivity index (χ4v) is 2.50. The molecule has 0 saturated heterocycles. The molecule has 2 aromatic carbocycles. The zero-order valence-electron chi connectivity index (χ0n) is 13.6. The van der Waals surface area contributed by atoms with E-state index in [2.05, 4.69) is 29.7 Å². The van der Waals surface area contributed by atoms with Crippen molar-refractivity contribution in [3.63, 3.8) is 0 Å². The van der Waals surface area contributed by atoms with Crippen LogP contribution in [0.2, 0.25) is 0 Å². The average Bonchev–Trinajstić information content (AvgIpc) is 2.57. The zero-order chi connectivity index (χ0) is 16.7. The predicted octanol–water partition coefficient (Wildman–Crippen LogP) is 4.28. The molecule has 0 spiro atoms. The SMILES string of the molecule is CCC[C@@H](N[C@H](C)C(=O)Nc1ccccc1F)c1ccccc1. The van der Waals surface area contributed by atoms with E-state index >= 15 is 0 Å². The molecule has 23 heavy (non-hydrogen) atoms. The lowest BCUT2D eigenvalue weighted by Crippen LogP contribution is -2.40. The first-order valence-electron chi connectivity index (χ1n) is 7.98. The molecule has 0 aliphatic rings. The van der Waals surface area contributed by atoms with Gasteiger partial charge in [-0.25, -0.2) is 4.39 Å². The van der Waals surface area contributed by atoms with E-state index in [0.29, 0.717) is 0 Å². The Balaban J connectivity index is 2.02. The molecule has 2 atom stereocenters. The number of rotatable bonds is 7. The minimum atomic E-state index is -0.429. The lowest BCUT2D eigenvalue weighted by molar-refractivity contribution is -0.118. The van der Waals surface area contributed by atoms with Gasteiger partial charge in [-0.15, -0.1) is 0 Å². The topological polar surface area (TPSA) is 41.1 Å². The van der Waals surface area contributed by atoms with Crippen LogP contribution < -0.4 is 10.6 Å². The fourth-order valence-electron chi connectivity index (χ4n) is 2.50. The molecule has 122 valence electrons. The molecule has 2 aromatic rings. The summed E-state index contributed by atoms with van der Waals surface area (Å²) in [5.74, 6) is -0.673. The maximum absolute atomic E-state index is 13.6. The van der Waals surface area contributed by atoms with Crippen molar-refractivity contribution in [2.24, 2.45) is 0 Å². The largest absolute Gasteiger partial charge is 0.322 e. The van der Waals surface area contributed by atoms with E-state index < -0.39 is 11.9 Å². The Kier molecular flexibility index (Phi) is 6.29. The number of halogens is 1. The van der Waals surface area contributed by atoms with Crippen LogP contribution in [0.3, 0.4) is 0 Å². The Bertz CT molecular complexity index is 630. The number of carbonyl (C=O) groups is 1. The van der Waals surface area contributed by atoms with Crippen LogP contribution in [0.5, 0.6) is 0 Å². The summed E-state index contributed by atoms with van der Waals surface area (Å²) in [6.07, 6.45) is 1.94. The summed E-state index contributed by atoms with van der Waals surface area (Å²) in [6, 6.07) is 15.9. The normalized spacial score (nSPS) is 13.3. The first kappa shape index (κ1) is 17.2. The first-order chi connectivity index (χ1) is 11.1. The average molecular weight is 314 g/mol. The van der Waals surface area contributed by atoms with Gasteiger partial charge in [-0.1, -0.05) is 55.8 Å². The van der Waals surface area contributed by atoms with Crippen molar-refractivity contribution in [2.45, 2.75) is 38.8 Å². The highest BCUT2D eigenvalue weighted by molar-refractivity contribution is 5.94. The summed E-state index contributed by atoms with van der Waals surface area (Å²) in [5, 5.41) is 5.97. The second kappa shape index (κ2) is 8.44. The summed E-state index contributed by atoms with van der Waals surface area (Å²) in [4.78, 5) is 12.3. The Morgan fingerprint density at radius 1 is 1.09 bits per heavy atom. The lowest BCUT2D eigenvalue weighted by Gasteiger charge is -2.23. The molecule has 2 rings (SSSR count). The van der Waals surface area contributed by atoms with Crippen LogP contribution >= 0.6 is 0 Å². The van der Waals surface area contributed by atoms with Gasteiger partial charge in [0.05, 0.1) is 11.7 Å². The standard InChI is InChI=1S/C19H23FN2O/c1-3-9-17(15-10-5-4-6-11-15)21-14(2)19(23)22-18-13-8-7-12-16(18)20/h4-8,10-14,17,21H,3,9H2,1-2H3,(H,22,23)/t14-,17-/m1/s1. The summed E-state index contributed by atoms with van der Waals surface area (Å²) in [7, 11) is 0. The molecule has 4 heteroatoms. The van der Waals surface area contributed by atoms with Gasteiger partial charge in [0.15, 0.2) is 0 Å². The third-order valence-corrected chi connectivity index (χ3v) is 3.76. The number of hydrogen-bond acceptors (Lipinski definition) is 2. The van der Waals surface area contributed by atoms with E-state index in [1.165, 1.54) is 6.07 Å². The van der Waals surface area contributed by atoms with E-state index in [1.807, 2.05) is 18.2 Å². The molecule has 0 heterocycles. The predicted molar refractivity (Wildman–Crippen MR) is 91.7 cm³/mol. The van der Waals surface area contributed by atoms with Gasteiger partial charge in [0.25, 0.3) is 0 Å². The molecule has 0 radical (unpaired) electrons. The summed E-state index contributed by atoms with van der Waals surface area (Å²) in [6.45, 7) is 3.91. The van der Waals surface area contributed by atoms with Crippen LogP contribution in [0.15, 0.2) is 54.6 Å². The van der Waals surface area contributed by atoms with Gasteiger partial charge in [0, 0.05) is 6.04 Å². The quantitative estimate of drug-likeness (QED) is 0.800. The van der Waals surface area contributed by atoms with Crippen LogP contribution in [0.1, 0.15) is 38.3 Å². The molecular weight excluding hydrogens is 291 g/mol. The highest BCUT2D eigenvalue weighted by atomic mass is 19.1. The lowest BCUT2D eigenvalue weighted by atomic mass is 10.0. The third kappa shape index (κ3) is 4.89. The second-order valence-electron chi connectivity index (χ2n) is 5.61. The number of anilines is 1. The van der Waals surface area contributed by atoms with Crippen molar-refractivity contribution in [2.75, 3.05) is 5.32 Å². The van der Waals surface area contributed by atoms with Gasteiger partial charge in [0.2, 0.25) is 5.91 Å². The van der Waals surface area contributed by atoms with Crippen molar-refractivity contribution in [1.82, 2.24) is 5.32 Å². The van der Waals surface area contributed by atoms with Crippen molar-refractivity contribution >= 4 is 11.6 Å². The minimum absolute atomic E-state index is 0.0996. The Hall–Kier alpha value is -2.20. The molecule has 3 nitrogen and oxygen atoms in total. The van der Waals surface area contributed by atoms with E-state index in [0.717, 1.165) is 18.4 Å². The number of nitrogens with one attached hydrogen (secondary N) is 2. The molecule has 1 amide bonds. The van der Waals surface area contributed by atoms with E-state index in [4.69, 9.17) is 0 Å². The Labute approximate surface area is 136 Å². The van der Waals surface area contributed by atoms with Crippen molar-refractivity contribution < 1.29 is 9.18 Å². The molecule has 2 N–H and O–H groups in total. The monoisotopic (exact) mass is 314 g/mol. The van der Waals surface area contributed by atoms with E-state index in [-0.39, 0.29) is 17.6 Å². The number of amides is 1. The molecule has 0 bridgehead atoms. The van der Waals surface area contributed by atoms with Crippen molar-refractivity contribution in [1.29, 1.82) is 0 Å². The van der Waals surface area contributed by atoms with Gasteiger partial charge in [-0.05, 0) is 31.0 Å². The van der Waals surface area contributed by atoms with Crippen LogP contribution in [0.4, 0.5) is 10.1 Å². The van der Waals surface area contributed by atoms with Gasteiger partial charge in [0.1, 0.15) is 5.82 Å². The number of benzene rings is 2. The maximum Gasteiger partial charge on any atom is 0.241 e. The van der Waals surface area contributed by atoms with Gasteiger partial charge < -0.3 is 5.32 Å². The van der Waals surface area contributed by atoms with Gasteiger partial charge in [-0.2, -0.15) is 0 Å². The number of carbonyl (C=O) groups excluding carboxylic acids is 1. The zero-order valence-corrected chi connectivity index (χ0v) is 13.6. The fraction of sp³-hybridized carbons (Fsp3) is 0.316. The minimum Gasteiger partial charge on any atom is -0.322 e. The molecule has 0 saturated carbocycles. The van der Waals surface area contributed by atoms with Gasteiger partial charge >= 0.3 is 0 Å². The molecular formula is C19H23FN2O. The first-order valence-corrected chi connectivity index (χ1v) is 7.98. The molecule has 0 fully saturated rings. The molecule has 0 aromatic heterocycles. The Morgan fingerprint density at radius 2 is 1.74 bits per heavy atom. The van der Waals surface area contributed by atoms with Crippen LogP contribution in [0.25, 0.3) is 0 Å². The summed E-state index contributed by atoms with van der Waals surface area (Å²) >= 11 is 0. The van der Waals surface area contributed by atoms with Crippen molar-refractivity contribution in [3.8, 4) is 0 Å². The molecule has 0 unspecified atom stereocenters. The third-order valence-electron chi connectivity index (χ3n) is 3.76. The highest BCUT2D eigenvalue weighted by Gasteiger charge is 2.19. The van der Waals surface area contributed by atoms with E-state index in [1.54, 1.807) is 25.1 Å². The number of para-hydroxylation sites is 1. The van der Waals surface area contributed by atoms with Crippen LogP contribution in [-0.2, 0) is 4.79 Å². The van der Waals surface area contributed by atoms with Crippen LogP contribution in [0, 0.1) is 5.82 Å². The second-order valence-corrected chi connectivity index (χ2v) is 5.61. The summed E-state index contributed by atoms with van der Waals surface area (Å²) < 4.78 is 13.6. The number of hydrogen-bond donors (Lipinski definition) is 2. The molecule has 0 aliphatic heterocycles. The van der Waals surface area contributed by atoms with Crippen molar-refractivity contribution in [3.05, 3.63) is 66.0 Å². The highest BCUT2D eigenvalue weighted by Crippen LogP contribution is 2.19. The maximum atomic E-state index is 13.6. The molecule has 0 aliphatic carbocycles. The summed E-state index contributed by atoms with van der Waals surface area (Å²) in [5.41, 5.74) is 1.36. The van der Waals surface area contributed by atoms with Gasteiger partial charge in [-0.3, -0.25) is 10.1 Å².